The van der Waals surface area contributed by atoms with Crippen molar-refractivity contribution in [1.82, 2.24) is 5.32 Å². The molecule has 0 saturated heterocycles. The van der Waals surface area contributed by atoms with Gasteiger partial charge in [-0.1, -0.05) is 333 Å². The van der Waals surface area contributed by atoms with E-state index in [-0.39, 0.29) is 18.5 Å². The van der Waals surface area contributed by atoms with Gasteiger partial charge in [0.1, 0.15) is 0 Å². The molecular formula is C73H139NO5. The van der Waals surface area contributed by atoms with Crippen LogP contribution < -0.4 is 5.32 Å². The van der Waals surface area contributed by atoms with Gasteiger partial charge in [-0.15, -0.1) is 0 Å². The number of ether oxygens (including phenoxy) is 1. The summed E-state index contributed by atoms with van der Waals surface area (Å²) in [6.07, 6.45) is 87.8. The van der Waals surface area contributed by atoms with E-state index in [2.05, 4.69) is 55.6 Å². The summed E-state index contributed by atoms with van der Waals surface area (Å²) < 4.78 is 5.47. The number of allylic oxidation sites excluding steroid dienone is 6. The van der Waals surface area contributed by atoms with Crippen molar-refractivity contribution >= 4 is 11.9 Å². The Morgan fingerprint density at radius 3 is 1.00 bits per heavy atom. The summed E-state index contributed by atoms with van der Waals surface area (Å²) in [7, 11) is 0. The van der Waals surface area contributed by atoms with Gasteiger partial charge in [-0.25, -0.2) is 0 Å². The van der Waals surface area contributed by atoms with Gasteiger partial charge in [0.05, 0.1) is 25.4 Å². The molecule has 466 valence electrons. The number of hydrogen-bond donors (Lipinski definition) is 3. The fourth-order valence-corrected chi connectivity index (χ4v) is 11.2. The Balaban J connectivity index is 3.37. The number of carbonyl (C=O) groups is 2. The highest BCUT2D eigenvalue weighted by Gasteiger charge is 2.20. The third kappa shape index (κ3) is 65.1. The fraction of sp³-hybridized carbons (Fsp3) is 0.890. The number of carbonyl (C=O) groups excluding carboxylic acids is 2. The van der Waals surface area contributed by atoms with Gasteiger partial charge in [0, 0.05) is 12.8 Å². The molecule has 0 saturated carbocycles. The van der Waals surface area contributed by atoms with E-state index in [1.54, 1.807) is 0 Å². The minimum absolute atomic E-state index is 0.00688. The third-order valence-corrected chi connectivity index (χ3v) is 16.7. The van der Waals surface area contributed by atoms with E-state index < -0.39 is 12.1 Å². The van der Waals surface area contributed by atoms with Gasteiger partial charge >= 0.3 is 5.97 Å². The SMILES string of the molecule is CCCCC/C=C\CCCCCCCC(=O)OCCCCCCCCCCCCC/C=C\C/C=C\CCCCCCCCCCCCCCCCCCCC(=O)NC(CO)C(O)CCCCCCCCCCCCCCCCC. The Labute approximate surface area is 494 Å². The smallest absolute Gasteiger partial charge is 0.305 e. The van der Waals surface area contributed by atoms with Crippen molar-refractivity contribution in [3.63, 3.8) is 0 Å². The number of aliphatic hydroxyl groups is 2. The minimum Gasteiger partial charge on any atom is -0.466 e. The third-order valence-electron chi connectivity index (χ3n) is 16.7. The second kappa shape index (κ2) is 68.6. The van der Waals surface area contributed by atoms with E-state index in [0.717, 1.165) is 51.4 Å². The predicted molar refractivity (Wildman–Crippen MR) is 347 cm³/mol. The lowest BCUT2D eigenvalue weighted by molar-refractivity contribution is -0.143. The highest BCUT2D eigenvalue weighted by Crippen LogP contribution is 2.19. The second-order valence-electron chi connectivity index (χ2n) is 24.6. The van der Waals surface area contributed by atoms with Gasteiger partial charge in [-0.3, -0.25) is 9.59 Å². The molecule has 0 aliphatic heterocycles. The standard InChI is InChI=1S/C73H139NO5/c1-3-5-7-9-11-13-15-17-39-42-45-49-53-57-61-65-71(76)70(69-75)74-72(77)66-62-58-54-50-46-43-40-37-35-33-31-29-27-25-23-21-19-18-20-22-24-26-28-30-32-34-36-38-41-44-48-52-56-60-64-68-79-73(78)67-63-59-55-51-47-16-14-12-10-8-6-4-2/h12,14,20,22,26,28,70-71,75-76H,3-11,13,15-19,21,23-25,27,29-69H2,1-2H3,(H,74,77)/b14-12-,22-20-,28-26-. The number of unbranched alkanes of at least 4 members (excludes halogenated alkanes) is 50. The molecule has 0 rings (SSSR count). The van der Waals surface area contributed by atoms with Crippen LogP contribution in [-0.4, -0.2) is 47.4 Å². The van der Waals surface area contributed by atoms with Gasteiger partial charge in [0.15, 0.2) is 0 Å². The Kier molecular flexibility index (Phi) is 66.9. The Hall–Kier alpha value is -1.92. The van der Waals surface area contributed by atoms with Crippen LogP contribution in [0, 0.1) is 0 Å². The summed E-state index contributed by atoms with van der Waals surface area (Å²) in [4.78, 5) is 24.5. The molecule has 0 fully saturated rings. The summed E-state index contributed by atoms with van der Waals surface area (Å²) in [5, 5.41) is 23.3. The molecule has 2 unspecified atom stereocenters. The topological polar surface area (TPSA) is 95.9 Å². The molecule has 6 nitrogen and oxygen atoms in total. The van der Waals surface area contributed by atoms with Gasteiger partial charge in [-0.05, 0) is 83.5 Å². The number of rotatable bonds is 67. The molecule has 0 aromatic rings. The van der Waals surface area contributed by atoms with Crippen molar-refractivity contribution in [3.05, 3.63) is 36.5 Å². The highest BCUT2D eigenvalue weighted by atomic mass is 16.5. The Morgan fingerprint density at radius 2 is 0.633 bits per heavy atom. The number of hydrogen-bond acceptors (Lipinski definition) is 5. The Bertz CT molecular complexity index is 1280. The largest absolute Gasteiger partial charge is 0.466 e. The van der Waals surface area contributed by atoms with Crippen LogP contribution in [0.15, 0.2) is 36.5 Å². The van der Waals surface area contributed by atoms with E-state index in [0.29, 0.717) is 25.9 Å². The monoisotopic (exact) mass is 1110 g/mol. The first kappa shape index (κ1) is 77.1. The van der Waals surface area contributed by atoms with Crippen molar-refractivity contribution < 1.29 is 24.5 Å². The van der Waals surface area contributed by atoms with Crippen LogP contribution in [-0.2, 0) is 14.3 Å². The lowest BCUT2D eigenvalue weighted by atomic mass is 10.0. The molecule has 79 heavy (non-hydrogen) atoms. The summed E-state index contributed by atoms with van der Waals surface area (Å²) in [6.45, 7) is 4.95. The van der Waals surface area contributed by atoms with E-state index in [1.165, 1.54) is 308 Å². The van der Waals surface area contributed by atoms with Crippen LogP contribution in [0.4, 0.5) is 0 Å². The van der Waals surface area contributed by atoms with Crippen molar-refractivity contribution in [2.24, 2.45) is 0 Å². The van der Waals surface area contributed by atoms with Crippen molar-refractivity contribution in [2.45, 2.75) is 405 Å². The van der Waals surface area contributed by atoms with Crippen LogP contribution in [0.3, 0.4) is 0 Å². The van der Waals surface area contributed by atoms with Gasteiger partial charge in [0.2, 0.25) is 5.91 Å². The van der Waals surface area contributed by atoms with E-state index in [9.17, 15) is 19.8 Å². The molecule has 0 aromatic carbocycles. The lowest BCUT2D eigenvalue weighted by Gasteiger charge is -2.22. The van der Waals surface area contributed by atoms with E-state index >= 15 is 0 Å². The maximum atomic E-state index is 12.5. The van der Waals surface area contributed by atoms with Crippen molar-refractivity contribution in [3.8, 4) is 0 Å². The van der Waals surface area contributed by atoms with E-state index in [4.69, 9.17) is 4.74 Å². The molecule has 0 aliphatic carbocycles. The van der Waals surface area contributed by atoms with Gasteiger partial charge < -0.3 is 20.3 Å². The van der Waals surface area contributed by atoms with Crippen molar-refractivity contribution in [1.29, 1.82) is 0 Å². The molecule has 0 aromatic heterocycles. The minimum atomic E-state index is -0.662. The summed E-state index contributed by atoms with van der Waals surface area (Å²) in [5.74, 6) is -0.0231. The van der Waals surface area contributed by atoms with Crippen LogP contribution >= 0.6 is 0 Å². The Morgan fingerprint density at radius 1 is 0.354 bits per heavy atom. The zero-order valence-electron chi connectivity index (χ0n) is 53.4. The number of amides is 1. The highest BCUT2D eigenvalue weighted by molar-refractivity contribution is 5.76. The maximum Gasteiger partial charge on any atom is 0.305 e. The number of aliphatic hydroxyl groups excluding tert-OH is 2. The molecule has 0 spiro atoms. The average Bonchev–Trinajstić information content (AvgIpc) is 3.45. The maximum absolute atomic E-state index is 12.5. The molecular weight excluding hydrogens is 971 g/mol. The van der Waals surface area contributed by atoms with Crippen LogP contribution in [0.5, 0.6) is 0 Å². The summed E-state index contributed by atoms with van der Waals surface area (Å²) in [6, 6.07) is -0.539. The first-order valence-electron chi connectivity index (χ1n) is 35.7. The predicted octanol–water partition coefficient (Wildman–Crippen LogP) is 23.1. The van der Waals surface area contributed by atoms with Crippen LogP contribution in [0.25, 0.3) is 0 Å². The van der Waals surface area contributed by atoms with Crippen molar-refractivity contribution in [2.75, 3.05) is 13.2 Å². The normalized spacial score (nSPS) is 12.7. The van der Waals surface area contributed by atoms with Gasteiger partial charge in [-0.2, -0.15) is 0 Å². The summed E-state index contributed by atoms with van der Waals surface area (Å²) >= 11 is 0. The molecule has 0 heterocycles. The molecule has 2 atom stereocenters. The number of nitrogens with one attached hydrogen (secondary N) is 1. The fourth-order valence-electron chi connectivity index (χ4n) is 11.2. The molecule has 3 N–H and O–H groups in total. The quantitative estimate of drug-likeness (QED) is 0.0320. The zero-order chi connectivity index (χ0) is 57.1. The number of esters is 1. The first-order chi connectivity index (χ1) is 39.0. The first-order valence-corrected chi connectivity index (χ1v) is 35.7. The molecule has 0 radical (unpaired) electrons. The van der Waals surface area contributed by atoms with Crippen LogP contribution in [0.2, 0.25) is 0 Å². The van der Waals surface area contributed by atoms with E-state index in [1.807, 2.05) is 0 Å². The van der Waals surface area contributed by atoms with Gasteiger partial charge in [0.25, 0.3) is 0 Å². The van der Waals surface area contributed by atoms with Crippen LogP contribution in [0.1, 0.15) is 393 Å². The zero-order valence-corrected chi connectivity index (χ0v) is 53.4. The summed E-state index contributed by atoms with van der Waals surface area (Å²) in [5.41, 5.74) is 0. The molecule has 0 aliphatic rings. The molecule has 0 bridgehead atoms. The second-order valence-corrected chi connectivity index (χ2v) is 24.6. The average molecular weight is 1110 g/mol. The molecule has 6 heteroatoms. The lowest BCUT2D eigenvalue weighted by Crippen LogP contribution is -2.45. The molecule has 1 amide bonds.